The number of nitrogens with one attached hydrogen (secondary N) is 2. The molecular weight excluding hydrogens is 352 g/mol. The highest BCUT2D eigenvalue weighted by molar-refractivity contribution is 5.02. The van der Waals surface area contributed by atoms with Gasteiger partial charge in [0.1, 0.15) is 0 Å². The van der Waals surface area contributed by atoms with E-state index in [4.69, 9.17) is 0 Å². The first-order valence-electron chi connectivity index (χ1n) is 12.9. The standard InChI is InChI=1S/C27H50N2/c1-7-22-10-8-21(5)25-12-11-23-18-24(29-17-16-28-19(2)3)14-15-27(23,6)26(25)13-9-20(22)4/h7,19-26,28-29H,1,8-18H2,2-6H3. The monoisotopic (exact) mass is 402 g/mol. The second-order valence-electron chi connectivity index (χ2n) is 11.6. The Bertz CT molecular complexity index is 515. The average molecular weight is 403 g/mol. The maximum atomic E-state index is 4.17. The van der Waals surface area contributed by atoms with Crippen LogP contribution in [0, 0.1) is 40.9 Å². The van der Waals surface area contributed by atoms with Crippen LogP contribution in [0.3, 0.4) is 0 Å². The van der Waals surface area contributed by atoms with E-state index in [-0.39, 0.29) is 0 Å². The van der Waals surface area contributed by atoms with Gasteiger partial charge < -0.3 is 10.6 Å². The molecule has 3 aliphatic carbocycles. The quantitative estimate of drug-likeness (QED) is 0.395. The van der Waals surface area contributed by atoms with Gasteiger partial charge in [-0.05, 0) is 98.7 Å². The summed E-state index contributed by atoms with van der Waals surface area (Å²) in [6.07, 6.45) is 15.1. The second kappa shape index (κ2) is 10.3. The van der Waals surface area contributed by atoms with Crippen LogP contribution in [-0.4, -0.2) is 25.2 Å². The Morgan fingerprint density at radius 2 is 1.72 bits per heavy atom. The van der Waals surface area contributed by atoms with E-state index in [1.807, 2.05) is 0 Å². The molecule has 8 atom stereocenters. The van der Waals surface area contributed by atoms with Gasteiger partial charge >= 0.3 is 0 Å². The lowest BCUT2D eigenvalue weighted by molar-refractivity contribution is -0.0632. The van der Waals surface area contributed by atoms with Crippen molar-refractivity contribution >= 4 is 0 Å². The van der Waals surface area contributed by atoms with Crippen LogP contribution in [0.2, 0.25) is 0 Å². The lowest BCUT2D eigenvalue weighted by atomic mass is 9.49. The largest absolute Gasteiger partial charge is 0.313 e. The molecule has 0 bridgehead atoms. The van der Waals surface area contributed by atoms with Gasteiger partial charge in [0, 0.05) is 25.2 Å². The molecule has 0 aliphatic heterocycles. The number of allylic oxidation sites excluding steroid dienone is 1. The van der Waals surface area contributed by atoms with Crippen LogP contribution in [-0.2, 0) is 0 Å². The molecule has 0 spiro atoms. The van der Waals surface area contributed by atoms with Crippen molar-refractivity contribution in [1.82, 2.24) is 10.6 Å². The highest BCUT2D eigenvalue weighted by Crippen LogP contribution is 2.59. The fourth-order valence-electron chi connectivity index (χ4n) is 7.45. The van der Waals surface area contributed by atoms with Crippen LogP contribution in [0.4, 0.5) is 0 Å². The van der Waals surface area contributed by atoms with E-state index in [0.29, 0.717) is 11.5 Å². The van der Waals surface area contributed by atoms with Crippen molar-refractivity contribution in [2.45, 2.75) is 104 Å². The minimum absolute atomic E-state index is 0.583. The maximum Gasteiger partial charge on any atom is 0.00794 e. The Labute approximate surface area is 182 Å². The molecule has 29 heavy (non-hydrogen) atoms. The van der Waals surface area contributed by atoms with Gasteiger partial charge in [-0.2, -0.15) is 0 Å². The predicted molar refractivity (Wildman–Crippen MR) is 127 cm³/mol. The molecule has 0 aromatic rings. The number of hydrogen-bond donors (Lipinski definition) is 2. The highest BCUT2D eigenvalue weighted by Gasteiger charge is 2.51. The normalized spacial score (nSPS) is 43.6. The summed E-state index contributed by atoms with van der Waals surface area (Å²) in [5.41, 5.74) is 0.583. The first-order chi connectivity index (χ1) is 13.8. The molecule has 0 amide bonds. The molecule has 0 aromatic carbocycles. The minimum Gasteiger partial charge on any atom is -0.313 e. The number of rotatable bonds is 6. The molecule has 8 unspecified atom stereocenters. The van der Waals surface area contributed by atoms with E-state index in [0.717, 1.165) is 54.6 Å². The molecule has 0 saturated heterocycles. The maximum absolute atomic E-state index is 4.17. The van der Waals surface area contributed by atoms with Gasteiger partial charge in [0.05, 0.1) is 0 Å². The Morgan fingerprint density at radius 1 is 0.966 bits per heavy atom. The van der Waals surface area contributed by atoms with Crippen molar-refractivity contribution < 1.29 is 0 Å². The van der Waals surface area contributed by atoms with Crippen molar-refractivity contribution in [3.8, 4) is 0 Å². The summed E-state index contributed by atoms with van der Waals surface area (Å²) < 4.78 is 0. The lowest BCUT2D eigenvalue weighted by Crippen LogP contribution is -2.51. The summed E-state index contributed by atoms with van der Waals surface area (Å²) in [7, 11) is 0. The van der Waals surface area contributed by atoms with Crippen molar-refractivity contribution in [2.75, 3.05) is 13.1 Å². The SMILES string of the molecule is C=CC1CCC(C)C2CCC3CC(NCCNC(C)C)CCC3(C)C2CCC1C. The molecule has 0 heterocycles. The molecule has 3 aliphatic rings. The summed E-state index contributed by atoms with van der Waals surface area (Å²) in [6, 6.07) is 1.34. The van der Waals surface area contributed by atoms with Gasteiger partial charge in [0.25, 0.3) is 0 Å². The van der Waals surface area contributed by atoms with E-state index >= 15 is 0 Å². The molecule has 0 aromatic heterocycles. The minimum atomic E-state index is 0.583. The summed E-state index contributed by atoms with van der Waals surface area (Å²) in [5.74, 6) is 5.29. The van der Waals surface area contributed by atoms with Crippen LogP contribution < -0.4 is 10.6 Å². The number of fused-ring (bicyclic) bond motifs is 3. The van der Waals surface area contributed by atoms with E-state index in [9.17, 15) is 0 Å². The average Bonchev–Trinajstić information content (AvgIpc) is 2.74. The Morgan fingerprint density at radius 3 is 2.45 bits per heavy atom. The predicted octanol–water partition coefficient (Wildman–Crippen LogP) is 6.42. The fourth-order valence-corrected chi connectivity index (χ4v) is 7.45. The zero-order valence-corrected chi connectivity index (χ0v) is 20.2. The van der Waals surface area contributed by atoms with Crippen molar-refractivity contribution in [2.24, 2.45) is 40.9 Å². The molecule has 168 valence electrons. The molecular formula is C27H50N2. The second-order valence-corrected chi connectivity index (χ2v) is 11.6. The molecule has 2 nitrogen and oxygen atoms in total. The van der Waals surface area contributed by atoms with Crippen LogP contribution in [0.25, 0.3) is 0 Å². The summed E-state index contributed by atoms with van der Waals surface area (Å²) in [5, 5.41) is 7.44. The molecule has 3 saturated carbocycles. The Balaban J connectivity index is 1.64. The van der Waals surface area contributed by atoms with E-state index in [1.54, 1.807) is 0 Å². The van der Waals surface area contributed by atoms with Gasteiger partial charge in [-0.25, -0.2) is 0 Å². The van der Waals surface area contributed by atoms with Crippen molar-refractivity contribution in [3.63, 3.8) is 0 Å². The molecule has 2 heteroatoms. The van der Waals surface area contributed by atoms with E-state index in [2.05, 4.69) is 57.9 Å². The van der Waals surface area contributed by atoms with Crippen LogP contribution in [0.15, 0.2) is 12.7 Å². The van der Waals surface area contributed by atoms with Crippen LogP contribution >= 0.6 is 0 Å². The van der Waals surface area contributed by atoms with Gasteiger partial charge in [0.2, 0.25) is 0 Å². The van der Waals surface area contributed by atoms with E-state index in [1.165, 1.54) is 57.8 Å². The Kier molecular flexibility index (Phi) is 8.30. The Hall–Kier alpha value is -0.340. The summed E-state index contributed by atoms with van der Waals surface area (Å²) >= 11 is 0. The zero-order chi connectivity index (χ0) is 21.0. The van der Waals surface area contributed by atoms with Gasteiger partial charge in [-0.3, -0.25) is 0 Å². The van der Waals surface area contributed by atoms with Gasteiger partial charge in [0.15, 0.2) is 0 Å². The highest BCUT2D eigenvalue weighted by atomic mass is 15.0. The van der Waals surface area contributed by atoms with Gasteiger partial charge in [-0.1, -0.05) is 40.7 Å². The zero-order valence-electron chi connectivity index (χ0n) is 20.2. The van der Waals surface area contributed by atoms with Gasteiger partial charge in [-0.15, -0.1) is 6.58 Å². The third kappa shape index (κ3) is 5.48. The van der Waals surface area contributed by atoms with Crippen molar-refractivity contribution in [1.29, 1.82) is 0 Å². The van der Waals surface area contributed by atoms with E-state index < -0.39 is 0 Å². The molecule has 3 fully saturated rings. The van der Waals surface area contributed by atoms with Crippen LogP contribution in [0.1, 0.15) is 92.4 Å². The molecule has 3 rings (SSSR count). The smallest absolute Gasteiger partial charge is 0.00794 e. The topological polar surface area (TPSA) is 24.1 Å². The van der Waals surface area contributed by atoms with Crippen LogP contribution in [0.5, 0.6) is 0 Å². The molecule has 0 radical (unpaired) electrons. The third-order valence-corrected chi connectivity index (χ3v) is 9.51. The molecule has 2 N–H and O–H groups in total. The first kappa shape index (κ1) is 23.3. The lowest BCUT2D eigenvalue weighted by Gasteiger charge is -2.56. The first-order valence-corrected chi connectivity index (χ1v) is 12.9. The summed E-state index contributed by atoms with van der Waals surface area (Å²) in [4.78, 5) is 0. The number of hydrogen-bond acceptors (Lipinski definition) is 2. The van der Waals surface area contributed by atoms with Crippen molar-refractivity contribution in [3.05, 3.63) is 12.7 Å². The third-order valence-electron chi connectivity index (χ3n) is 9.51. The fraction of sp³-hybridized carbons (Fsp3) is 0.926. The summed E-state index contributed by atoms with van der Waals surface area (Å²) in [6.45, 7) is 18.6.